The van der Waals surface area contributed by atoms with Crippen LogP contribution in [0.1, 0.15) is 12.5 Å². The van der Waals surface area contributed by atoms with Gasteiger partial charge in [-0.05, 0) is 37.6 Å². The van der Waals surface area contributed by atoms with E-state index in [1.807, 2.05) is 42.5 Å². The highest BCUT2D eigenvalue weighted by molar-refractivity contribution is 5.50. The summed E-state index contributed by atoms with van der Waals surface area (Å²) in [6.07, 6.45) is -1.03. The Kier molecular flexibility index (Phi) is 6.25. The fourth-order valence-corrected chi connectivity index (χ4v) is 2.14. The summed E-state index contributed by atoms with van der Waals surface area (Å²) >= 11 is 0. The Bertz CT molecular complexity index is 558. The lowest BCUT2D eigenvalue weighted by Gasteiger charge is -2.23. The summed E-state index contributed by atoms with van der Waals surface area (Å²) in [7, 11) is 0. The second-order valence-corrected chi connectivity index (χ2v) is 5.29. The first-order valence-electron chi connectivity index (χ1n) is 7.59. The number of rotatable bonds is 8. The summed E-state index contributed by atoms with van der Waals surface area (Å²) < 4.78 is 5.76. The zero-order valence-electron chi connectivity index (χ0n) is 13.1. The highest BCUT2D eigenvalue weighted by atomic mass is 16.5. The standard InChI is InChI=1S/C18H24N2O2/c1-14-8-6-7-11-17(14)19-12-13-20-18(15(2)21)22-16-9-4-3-5-10-16/h3-11,15,18-21H,12-13H2,1-2H3. The maximum atomic E-state index is 9.83. The predicted octanol–water partition coefficient (Wildman–Crippen LogP) is 2.78. The van der Waals surface area contributed by atoms with E-state index < -0.39 is 12.3 Å². The fourth-order valence-electron chi connectivity index (χ4n) is 2.14. The number of hydrogen-bond donors (Lipinski definition) is 3. The highest BCUT2D eigenvalue weighted by Crippen LogP contribution is 2.13. The van der Waals surface area contributed by atoms with Gasteiger partial charge in [-0.15, -0.1) is 0 Å². The van der Waals surface area contributed by atoms with E-state index in [-0.39, 0.29) is 0 Å². The Morgan fingerprint density at radius 1 is 1.00 bits per heavy atom. The van der Waals surface area contributed by atoms with Gasteiger partial charge < -0.3 is 15.2 Å². The molecule has 0 spiro atoms. The van der Waals surface area contributed by atoms with Crippen LogP contribution in [0.4, 0.5) is 5.69 Å². The number of aliphatic hydroxyl groups is 1. The summed E-state index contributed by atoms with van der Waals surface area (Å²) in [4.78, 5) is 0. The molecule has 2 atom stereocenters. The third kappa shape index (κ3) is 5.06. The molecule has 0 amide bonds. The van der Waals surface area contributed by atoms with Crippen LogP contribution in [-0.2, 0) is 0 Å². The first-order chi connectivity index (χ1) is 10.7. The van der Waals surface area contributed by atoms with E-state index in [9.17, 15) is 5.11 Å². The van der Waals surface area contributed by atoms with E-state index in [4.69, 9.17) is 4.74 Å². The van der Waals surface area contributed by atoms with Gasteiger partial charge in [-0.2, -0.15) is 0 Å². The number of benzene rings is 2. The molecular weight excluding hydrogens is 276 g/mol. The van der Waals surface area contributed by atoms with Crippen molar-refractivity contribution >= 4 is 5.69 Å². The molecule has 0 aromatic heterocycles. The number of hydrogen-bond acceptors (Lipinski definition) is 4. The summed E-state index contributed by atoms with van der Waals surface area (Å²) in [5.74, 6) is 0.743. The Balaban J connectivity index is 1.79. The molecular formula is C18H24N2O2. The molecule has 3 N–H and O–H groups in total. The summed E-state index contributed by atoms with van der Waals surface area (Å²) in [6, 6.07) is 17.7. The molecule has 2 aromatic carbocycles. The number of ether oxygens (including phenoxy) is 1. The molecule has 4 heteroatoms. The average Bonchev–Trinajstić information content (AvgIpc) is 2.52. The van der Waals surface area contributed by atoms with E-state index in [1.165, 1.54) is 5.56 Å². The molecule has 2 aromatic rings. The molecule has 0 radical (unpaired) electrons. The van der Waals surface area contributed by atoms with Gasteiger partial charge in [0, 0.05) is 18.8 Å². The summed E-state index contributed by atoms with van der Waals surface area (Å²) in [5.41, 5.74) is 2.34. The molecule has 0 aliphatic carbocycles. The number of aryl methyl sites for hydroxylation is 1. The van der Waals surface area contributed by atoms with Crippen LogP contribution >= 0.6 is 0 Å². The first-order valence-corrected chi connectivity index (χ1v) is 7.59. The third-order valence-corrected chi connectivity index (χ3v) is 3.38. The van der Waals surface area contributed by atoms with Crippen LogP contribution in [0.5, 0.6) is 5.75 Å². The van der Waals surface area contributed by atoms with E-state index >= 15 is 0 Å². The molecule has 22 heavy (non-hydrogen) atoms. The van der Waals surface area contributed by atoms with Gasteiger partial charge in [-0.25, -0.2) is 0 Å². The number of nitrogens with one attached hydrogen (secondary N) is 2. The number of para-hydroxylation sites is 2. The van der Waals surface area contributed by atoms with Crippen molar-refractivity contribution in [2.45, 2.75) is 26.2 Å². The maximum Gasteiger partial charge on any atom is 0.176 e. The van der Waals surface area contributed by atoms with Crippen LogP contribution in [-0.4, -0.2) is 30.5 Å². The SMILES string of the molecule is Cc1ccccc1NCCNC(Oc1ccccc1)C(C)O. The lowest BCUT2D eigenvalue weighted by atomic mass is 10.2. The van der Waals surface area contributed by atoms with Crippen molar-refractivity contribution in [1.82, 2.24) is 5.32 Å². The lowest BCUT2D eigenvalue weighted by molar-refractivity contribution is 0.0279. The van der Waals surface area contributed by atoms with Crippen molar-refractivity contribution in [3.05, 3.63) is 60.2 Å². The molecule has 0 saturated heterocycles. The Morgan fingerprint density at radius 3 is 2.36 bits per heavy atom. The van der Waals surface area contributed by atoms with Crippen molar-refractivity contribution in [3.63, 3.8) is 0 Å². The second-order valence-electron chi connectivity index (χ2n) is 5.29. The summed E-state index contributed by atoms with van der Waals surface area (Å²) in [5, 5.41) is 16.4. The average molecular weight is 300 g/mol. The van der Waals surface area contributed by atoms with Crippen molar-refractivity contribution in [3.8, 4) is 5.75 Å². The van der Waals surface area contributed by atoms with Crippen LogP contribution in [0, 0.1) is 6.92 Å². The largest absolute Gasteiger partial charge is 0.473 e. The molecule has 0 saturated carbocycles. The van der Waals surface area contributed by atoms with Gasteiger partial charge in [0.2, 0.25) is 0 Å². The van der Waals surface area contributed by atoms with Gasteiger partial charge >= 0.3 is 0 Å². The van der Waals surface area contributed by atoms with E-state index in [0.717, 1.165) is 18.0 Å². The Labute approximate surface area is 132 Å². The molecule has 0 aliphatic heterocycles. The predicted molar refractivity (Wildman–Crippen MR) is 90.2 cm³/mol. The maximum absolute atomic E-state index is 9.83. The minimum atomic E-state index is -0.598. The molecule has 4 nitrogen and oxygen atoms in total. The van der Waals surface area contributed by atoms with Crippen LogP contribution in [0.2, 0.25) is 0 Å². The van der Waals surface area contributed by atoms with Gasteiger partial charge in [0.1, 0.15) is 11.9 Å². The number of aliphatic hydroxyl groups excluding tert-OH is 1. The van der Waals surface area contributed by atoms with Gasteiger partial charge in [0.15, 0.2) is 6.23 Å². The zero-order valence-corrected chi connectivity index (χ0v) is 13.1. The van der Waals surface area contributed by atoms with E-state index in [0.29, 0.717) is 6.54 Å². The minimum Gasteiger partial charge on any atom is -0.473 e. The van der Waals surface area contributed by atoms with Gasteiger partial charge in [0.05, 0.1) is 0 Å². The molecule has 0 aliphatic rings. The molecule has 0 fully saturated rings. The van der Waals surface area contributed by atoms with E-state index in [1.54, 1.807) is 6.92 Å². The normalized spacial score (nSPS) is 13.4. The number of anilines is 1. The van der Waals surface area contributed by atoms with Crippen molar-refractivity contribution in [2.75, 3.05) is 18.4 Å². The smallest absolute Gasteiger partial charge is 0.176 e. The topological polar surface area (TPSA) is 53.5 Å². The minimum absolute atomic E-state index is 0.430. The third-order valence-electron chi connectivity index (χ3n) is 3.38. The van der Waals surface area contributed by atoms with Gasteiger partial charge in [-0.3, -0.25) is 5.32 Å². The van der Waals surface area contributed by atoms with Crippen LogP contribution in [0.3, 0.4) is 0 Å². The van der Waals surface area contributed by atoms with Gasteiger partial charge in [0.25, 0.3) is 0 Å². The Hall–Kier alpha value is -2.04. The van der Waals surface area contributed by atoms with Crippen molar-refractivity contribution in [1.29, 1.82) is 0 Å². The second kappa shape index (κ2) is 8.41. The molecule has 2 unspecified atom stereocenters. The molecule has 0 bridgehead atoms. The summed E-state index contributed by atoms with van der Waals surface area (Å²) in [6.45, 7) is 5.24. The zero-order chi connectivity index (χ0) is 15.8. The lowest BCUT2D eigenvalue weighted by Crippen LogP contribution is -2.44. The van der Waals surface area contributed by atoms with Crippen LogP contribution < -0.4 is 15.4 Å². The Morgan fingerprint density at radius 2 is 1.68 bits per heavy atom. The van der Waals surface area contributed by atoms with Gasteiger partial charge in [-0.1, -0.05) is 36.4 Å². The molecule has 2 rings (SSSR count). The van der Waals surface area contributed by atoms with E-state index in [2.05, 4.69) is 29.7 Å². The monoisotopic (exact) mass is 300 g/mol. The molecule has 118 valence electrons. The van der Waals surface area contributed by atoms with Crippen molar-refractivity contribution in [2.24, 2.45) is 0 Å². The quantitative estimate of drug-likeness (QED) is 0.518. The molecule has 0 heterocycles. The highest BCUT2D eigenvalue weighted by Gasteiger charge is 2.15. The fraction of sp³-hybridized carbons (Fsp3) is 0.333. The van der Waals surface area contributed by atoms with Crippen molar-refractivity contribution < 1.29 is 9.84 Å². The van der Waals surface area contributed by atoms with Crippen LogP contribution in [0.25, 0.3) is 0 Å². The van der Waals surface area contributed by atoms with Crippen LogP contribution in [0.15, 0.2) is 54.6 Å². The first kappa shape index (κ1) is 16.3.